The Morgan fingerprint density at radius 1 is 1.00 bits per heavy atom. The SMILES string of the molecule is CC1=C[C@@]23C(=O)[C@@H](C=C4COC(C)(C)O[C@@H]4[C@]24OC(C)(C)O[C@H]14)[C@@H]1[C@H](C[C@H]3C)C1(C)C. The fourth-order valence-electron chi connectivity index (χ4n) is 8.17. The van der Waals surface area contributed by atoms with Crippen molar-refractivity contribution in [3.05, 3.63) is 23.3 Å². The van der Waals surface area contributed by atoms with Crippen molar-refractivity contribution in [3.8, 4) is 0 Å². The molecule has 170 valence electrons. The summed E-state index contributed by atoms with van der Waals surface area (Å²) >= 11 is 0. The molecule has 0 aromatic rings. The molecule has 2 heterocycles. The van der Waals surface area contributed by atoms with Gasteiger partial charge in [-0.3, -0.25) is 4.79 Å². The smallest absolute Gasteiger partial charge is 0.164 e. The van der Waals surface area contributed by atoms with Gasteiger partial charge < -0.3 is 18.9 Å². The summed E-state index contributed by atoms with van der Waals surface area (Å²) in [5, 5.41) is 0. The third kappa shape index (κ3) is 2.24. The highest BCUT2D eigenvalue weighted by Gasteiger charge is 2.80. The van der Waals surface area contributed by atoms with Crippen LogP contribution in [0.4, 0.5) is 0 Å². The summed E-state index contributed by atoms with van der Waals surface area (Å²) in [5.41, 5.74) is 0.650. The molecule has 5 nitrogen and oxygen atoms in total. The molecule has 0 unspecified atom stereocenters. The number of ether oxygens (including phenoxy) is 4. The minimum atomic E-state index is -0.903. The van der Waals surface area contributed by atoms with E-state index in [2.05, 4.69) is 39.8 Å². The van der Waals surface area contributed by atoms with Crippen molar-refractivity contribution in [2.45, 2.75) is 91.2 Å². The number of rotatable bonds is 0. The normalized spacial score (nSPS) is 52.6. The van der Waals surface area contributed by atoms with Gasteiger partial charge in [0.15, 0.2) is 17.4 Å². The maximum Gasteiger partial charge on any atom is 0.164 e. The number of fused-ring (bicyclic) bond motifs is 4. The van der Waals surface area contributed by atoms with E-state index in [0.29, 0.717) is 24.2 Å². The Kier molecular flexibility index (Phi) is 3.68. The fourth-order valence-corrected chi connectivity index (χ4v) is 8.17. The lowest BCUT2D eigenvalue weighted by Gasteiger charge is -2.53. The van der Waals surface area contributed by atoms with Crippen LogP contribution in [0, 0.1) is 34.5 Å². The zero-order valence-corrected chi connectivity index (χ0v) is 20.1. The molecule has 6 rings (SSSR count). The van der Waals surface area contributed by atoms with Crippen LogP contribution in [-0.2, 0) is 23.7 Å². The number of allylic oxidation sites excluding steroid dienone is 1. The number of hydrogen-bond donors (Lipinski definition) is 0. The monoisotopic (exact) mass is 428 g/mol. The highest BCUT2D eigenvalue weighted by atomic mass is 16.8. The summed E-state index contributed by atoms with van der Waals surface area (Å²) in [7, 11) is 0. The van der Waals surface area contributed by atoms with Crippen LogP contribution in [0.1, 0.15) is 61.8 Å². The number of hydrogen-bond acceptors (Lipinski definition) is 5. The van der Waals surface area contributed by atoms with Crippen LogP contribution in [0.2, 0.25) is 0 Å². The molecule has 0 radical (unpaired) electrons. The molecular formula is C26H36O5. The summed E-state index contributed by atoms with van der Waals surface area (Å²) < 4.78 is 26.2. The molecular weight excluding hydrogens is 392 g/mol. The van der Waals surface area contributed by atoms with Gasteiger partial charge in [-0.1, -0.05) is 32.9 Å². The predicted octanol–water partition coefficient (Wildman–Crippen LogP) is 4.41. The topological polar surface area (TPSA) is 54.0 Å². The maximum atomic E-state index is 14.7. The van der Waals surface area contributed by atoms with Gasteiger partial charge in [-0.25, -0.2) is 0 Å². The lowest BCUT2D eigenvalue weighted by molar-refractivity contribution is -0.304. The molecule has 0 aromatic heterocycles. The van der Waals surface area contributed by atoms with Crippen molar-refractivity contribution >= 4 is 5.78 Å². The Morgan fingerprint density at radius 2 is 1.68 bits per heavy atom. The standard InChI is InChI=1S/C26H36O5/c1-13-11-25-14(2)9-17-18(22(17,3)4)16(19(25)27)10-15-12-28-23(5,6)30-21(15)26(25)20(13)29-24(7,8)31-26/h10-11,14,16-18,20-21H,9,12H2,1-8H3/t14-,16+,17+,18-,20-,21+,25-,26+/m1/s1. The third-order valence-corrected chi connectivity index (χ3v) is 9.45. The Morgan fingerprint density at radius 3 is 2.39 bits per heavy atom. The zero-order chi connectivity index (χ0) is 22.4. The molecule has 8 atom stereocenters. The second-order valence-corrected chi connectivity index (χ2v) is 12.5. The van der Waals surface area contributed by atoms with Crippen LogP contribution in [0.5, 0.6) is 0 Å². The average molecular weight is 429 g/mol. The maximum absolute atomic E-state index is 14.7. The largest absolute Gasteiger partial charge is 0.346 e. The molecule has 4 aliphatic carbocycles. The summed E-state index contributed by atoms with van der Waals surface area (Å²) in [4.78, 5) is 14.7. The molecule has 2 aliphatic heterocycles. The van der Waals surface area contributed by atoms with Crippen molar-refractivity contribution < 1.29 is 23.7 Å². The number of Topliss-reactive ketones (excluding diaryl/α,β-unsaturated/α-hetero) is 1. The molecule has 6 aliphatic rings. The van der Waals surface area contributed by atoms with Crippen molar-refractivity contribution in [3.63, 3.8) is 0 Å². The van der Waals surface area contributed by atoms with E-state index in [-0.39, 0.29) is 29.5 Å². The van der Waals surface area contributed by atoms with E-state index < -0.39 is 22.6 Å². The van der Waals surface area contributed by atoms with E-state index in [1.807, 2.05) is 27.7 Å². The molecule has 0 amide bonds. The molecule has 4 fully saturated rings. The first-order valence-corrected chi connectivity index (χ1v) is 11.9. The van der Waals surface area contributed by atoms with Gasteiger partial charge in [0.2, 0.25) is 0 Å². The predicted molar refractivity (Wildman–Crippen MR) is 115 cm³/mol. The average Bonchev–Trinajstić information content (AvgIpc) is 2.97. The Balaban J connectivity index is 1.64. The van der Waals surface area contributed by atoms with Gasteiger partial charge in [0, 0.05) is 5.92 Å². The van der Waals surface area contributed by atoms with Crippen LogP contribution < -0.4 is 0 Å². The second kappa shape index (κ2) is 5.55. The van der Waals surface area contributed by atoms with Gasteiger partial charge in [-0.05, 0) is 75.4 Å². The van der Waals surface area contributed by atoms with E-state index in [1.165, 1.54) is 0 Å². The first-order chi connectivity index (χ1) is 14.3. The van der Waals surface area contributed by atoms with Crippen LogP contribution in [-0.4, -0.2) is 41.8 Å². The Labute approximate surface area is 185 Å². The lowest BCUT2D eigenvalue weighted by atomic mass is 9.58. The summed E-state index contributed by atoms with van der Waals surface area (Å²) in [6.07, 6.45) is 4.76. The minimum absolute atomic E-state index is 0.134. The molecule has 0 N–H and O–H groups in total. The van der Waals surface area contributed by atoms with Gasteiger partial charge in [0.05, 0.1) is 12.0 Å². The van der Waals surface area contributed by atoms with Gasteiger partial charge in [-0.15, -0.1) is 0 Å². The van der Waals surface area contributed by atoms with E-state index in [0.717, 1.165) is 17.6 Å². The van der Waals surface area contributed by atoms with Crippen molar-refractivity contribution in [2.24, 2.45) is 34.5 Å². The van der Waals surface area contributed by atoms with Gasteiger partial charge in [0.1, 0.15) is 17.8 Å². The van der Waals surface area contributed by atoms with Crippen LogP contribution >= 0.6 is 0 Å². The highest BCUT2D eigenvalue weighted by Crippen LogP contribution is 2.73. The quantitative estimate of drug-likeness (QED) is 0.535. The van der Waals surface area contributed by atoms with E-state index >= 15 is 0 Å². The number of carbonyl (C=O) groups is 1. The minimum Gasteiger partial charge on any atom is -0.346 e. The van der Waals surface area contributed by atoms with Gasteiger partial charge in [0.25, 0.3) is 0 Å². The molecule has 2 bridgehead atoms. The summed E-state index contributed by atoms with van der Waals surface area (Å²) in [5.74, 6) is -0.335. The lowest BCUT2D eigenvalue weighted by Crippen LogP contribution is -2.67. The summed E-state index contributed by atoms with van der Waals surface area (Å²) in [6, 6.07) is 0. The molecule has 5 heteroatoms. The fraction of sp³-hybridized carbons (Fsp3) is 0.808. The van der Waals surface area contributed by atoms with Crippen LogP contribution in [0.15, 0.2) is 23.3 Å². The zero-order valence-electron chi connectivity index (χ0n) is 20.1. The van der Waals surface area contributed by atoms with Crippen molar-refractivity contribution in [1.29, 1.82) is 0 Å². The van der Waals surface area contributed by atoms with E-state index in [4.69, 9.17) is 18.9 Å². The van der Waals surface area contributed by atoms with Crippen molar-refractivity contribution in [2.75, 3.05) is 6.61 Å². The number of carbonyl (C=O) groups excluding carboxylic acids is 1. The Bertz CT molecular complexity index is 941. The van der Waals surface area contributed by atoms with Gasteiger partial charge in [-0.2, -0.15) is 0 Å². The van der Waals surface area contributed by atoms with Gasteiger partial charge >= 0.3 is 0 Å². The van der Waals surface area contributed by atoms with Crippen LogP contribution in [0.3, 0.4) is 0 Å². The highest BCUT2D eigenvalue weighted by molar-refractivity contribution is 5.95. The third-order valence-electron chi connectivity index (χ3n) is 9.45. The van der Waals surface area contributed by atoms with Crippen LogP contribution in [0.25, 0.3) is 0 Å². The molecule has 2 spiro atoms. The van der Waals surface area contributed by atoms with E-state index in [1.54, 1.807) is 0 Å². The molecule has 0 aromatic carbocycles. The van der Waals surface area contributed by atoms with E-state index in [9.17, 15) is 4.79 Å². The number of ketones is 1. The first-order valence-electron chi connectivity index (χ1n) is 11.9. The molecule has 2 saturated carbocycles. The second-order valence-electron chi connectivity index (χ2n) is 12.5. The molecule has 2 saturated heterocycles. The first kappa shape index (κ1) is 20.6. The van der Waals surface area contributed by atoms with Crippen molar-refractivity contribution in [1.82, 2.24) is 0 Å². The molecule has 31 heavy (non-hydrogen) atoms. The Hall–Kier alpha value is -1.01. The summed E-state index contributed by atoms with van der Waals surface area (Å²) in [6.45, 7) is 17.3.